The van der Waals surface area contributed by atoms with Crippen LogP contribution in [0.2, 0.25) is 0 Å². The highest BCUT2D eigenvalue weighted by molar-refractivity contribution is 8.03. The van der Waals surface area contributed by atoms with Crippen LogP contribution in [0.3, 0.4) is 0 Å². The predicted octanol–water partition coefficient (Wildman–Crippen LogP) is 3.32. The van der Waals surface area contributed by atoms with E-state index in [-0.39, 0.29) is 24.0 Å². The summed E-state index contributed by atoms with van der Waals surface area (Å²) in [5.41, 5.74) is 5.38. The molecule has 5 heteroatoms. The van der Waals surface area contributed by atoms with Crippen LogP contribution >= 0.6 is 23.1 Å². The maximum atomic E-state index is 2.40. The third kappa shape index (κ3) is 3.76. The number of hydrogen-bond donors (Lipinski definition) is 0. The maximum Gasteiger partial charge on any atom is 0.262 e. The first-order valence-corrected chi connectivity index (χ1v) is 11.1. The minimum Gasteiger partial charge on any atom is -1.00 e. The SMILES string of the molecule is CCN1/C(=C/C=C/c2sc3c(C)cccc3[n+]2CC)Sc2c(C)cccc21.[I-]. The van der Waals surface area contributed by atoms with Gasteiger partial charge in [-0.2, -0.15) is 4.57 Å². The van der Waals surface area contributed by atoms with E-state index in [9.17, 15) is 0 Å². The summed E-state index contributed by atoms with van der Waals surface area (Å²) in [5.74, 6) is 0. The van der Waals surface area contributed by atoms with Gasteiger partial charge in [-0.25, -0.2) is 0 Å². The molecule has 0 saturated heterocycles. The number of fused-ring (bicyclic) bond motifs is 2. The quantitative estimate of drug-likeness (QED) is 0.385. The van der Waals surface area contributed by atoms with Crippen LogP contribution in [-0.4, -0.2) is 6.54 Å². The Morgan fingerprint density at radius 1 is 1.04 bits per heavy atom. The van der Waals surface area contributed by atoms with E-state index < -0.39 is 0 Å². The molecule has 0 aliphatic carbocycles. The molecule has 4 rings (SSSR count). The fourth-order valence-electron chi connectivity index (χ4n) is 3.63. The lowest BCUT2D eigenvalue weighted by Gasteiger charge is -2.17. The normalized spacial score (nSPS) is 14.9. The first-order chi connectivity index (χ1) is 13.1. The number of thioether (sulfide) groups is 1. The Hall–Kier alpha value is -1.31. The zero-order valence-electron chi connectivity index (χ0n) is 16.7. The Morgan fingerprint density at radius 3 is 2.54 bits per heavy atom. The molecule has 2 aromatic carbocycles. The molecule has 2 heterocycles. The van der Waals surface area contributed by atoms with E-state index in [0.29, 0.717) is 0 Å². The molecule has 0 spiro atoms. The minimum absolute atomic E-state index is 0. The van der Waals surface area contributed by atoms with E-state index in [1.54, 1.807) is 0 Å². The maximum absolute atomic E-state index is 2.40. The molecule has 0 unspecified atom stereocenters. The van der Waals surface area contributed by atoms with Crippen molar-refractivity contribution in [1.29, 1.82) is 0 Å². The van der Waals surface area contributed by atoms with Crippen LogP contribution in [0.1, 0.15) is 30.0 Å². The zero-order valence-corrected chi connectivity index (χ0v) is 20.5. The summed E-state index contributed by atoms with van der Waals surface area (Å²) in [6, 6.07) is 13.1. The fourth-order valence-corrected chi connectivity index (χ4v) is 6.04. The van der Waals surface area contributed by atoms with E-state index in [2.05, 4.69) is 91.8 Å². The van der Waals surface area contributed by atoms with Gasteiger partial charge in [0.15, 0.2) is 0 Å². The molecule has 1 aliphatic rings. The standard InChI is InChI=1S/C23H25N2S2.HI/c1-5-24-18-12-7-10-16(3)22(18)26-20(24)14-9-15-21-25(6-2)19-13-8-11-17(4)23(19)27-21;/h7-15H,5-6H2,1-4H3;1H/q+1;/p-1. The number of rotatable bonds is 4. The van der Waals surface area contributed by atoms with Crippen molar-refractivity contribution in [3.05, 3.63) is 69.7 Å². The average Bonchev–Trinajstić information content (AvgIpc) is 3.21. The molecule has 2 nitrogen and oxygen atoms in total. The van der Waals surface area contributed by atoms with Gasteiger partial charge in [0.05, 0.1) is 10.7 Å². The van der Waals surface area contributed by atoms with Crippen molar-refractivity contribution in [2.75, 3.05) is 11.4 Å². The lowest BCUT2D eigenvalue weighted by Crippen LogP contribution is -3.00. The smallest absolute Gasteiger partial charge is 0.262 e. The monoisotopic (exact) mass is 520 g/mol. The third-order valence-corrected chi connectivity index (χ3v) is 7.62. The number of allylic oxidation sites excluding steroid dienone is 2. The second-order valence-electron chi connectivity index (χ2n) is 6.74. The molecule has 0 atom stereocenters. The summed E-state index contributed by atoms with van der Waals surface area (Å²) in [6.07, 6.45) is 6.72. The number of aromatic nitrogens is 1. The van der Waals surface area contributed by atoms with E-state index in [0.717, 1.165) is 13.1 Å². The van der Waals surface area contributed by atoms with Crippen molar-refractivity contribution in [2.45, 2.75) is 39.1 Å². The molecule has 0 amide bonds. The molecule has 0 radical (unpaired) electrons. The van der Waals surface area contributed by atoms with Crippen molar-refractivity contribution in [3.63, 3.8) is 0 Å². The van der Waals surface area contributed by atoms with Crippen LogP contribution in [0, 0.1) is 13.8 Å². The average molecular weight is 521 g/mol. The third-order valence-electron chi connectivity index (χ3n) is 5.02. The van der Waals surface area contributed by atoms with Gasteiger partial charge in [0.2, 0.25) is 5.52 Å². The molecule has 1 aromatic heterocycles. The summed E-state index contributed by atoms with van der Waals surface area (Å²) in [7, 11) is 0. The van der Waals surface area contributed by atoms with Gasteiger partial charge >= 0.3 is 0 Å². The molecule has 3 aromatic rings. The predicted molar refractivity (Wildman–Crippen MR) is 120 cm³/mol. The van der Waals surface area contributed by atoms with Crippen molar-refractivity contribution in [3.8, 4) is 0 Å². The molecule has 146 valence electrons. The number of thiazole rings is 1. The summed E-state index contributed by atoms with van der Waals surface area (Å²) < 4.78 is 3.79. The largest absolute Gasteiger partial charge is 1.00 e. The van der Waals surface area contributed by atoms with Gasteiger partial charge in [-0.3, -0.25) is 0 Å². The van der Waals surface area contributed by atoms with Crippen LogP contribution < -0.4 is 33.4 Å². The van der Waals surface area contributed by atoms with Crippen LogP contribution in [-0.2, 0) is 6.54 Å². The lowest BCUT2D eigenvalue weighted by atomic mass is 10.2. The summed E-state index contributed by atoms with van der Waals surface area (Å²) >= 11 is 3.76. The van der Waals surface area contributed by atoms with E-state index in [1.165, 1.54) is 42.0 Å². The molecule has 0 saturated carbocycles. The Balaban J connectivity index is 0.00000225. The summed E-state index contributed by atoms with van der Waals surface area (Å²) in [5, 5.41) is 2.61. The van der Waals surface area contributed by atoms with Gasteiger partial charge < -0.3 is 28.9 Å². The van der Waals surface area contributed by atoms with Crippen molar-refractivity contribution >= 4 is 45.1 Å². The number of aryl methyl sites for hydroxylation is 3. The zero-order chi connectivity index (χ0) is 19.0. The van der Waals surface area contributed by atoms with Gasteiger partial charge in [-0.15, -0.1) is 0 Å². The topological polar surface area (TPSA) is 7.12 Å². The minimum atomic E-state index is 0. The van der Waals surface area contributed by atoms with Crippen molar-refractivity contribution in [1.82, 2.24) is 0 Å². The Bertz CT molecular complexity index is 1070. The van der Waals surface area contributed by atoms with Gasteiger partial charge in [0.25, 0.3) is 5.01 Å². The summed E-state index contributed by atoms with van der Waals surface area (Å²) in [6.45, 7) is 10.8. The fraction of sp³-hybridized carbons (Fsp3) is 0.261. The van der Waals surface area contributed by atoms with Gasteiger partial charge in [-0.05, 0) is 51.0 Å². The van der Waals surface area contributed by atoms with Crippen LogP contribution in [0.15, 0.2) is 58.5 Å². The number of benzene rings is 2. The molecule has 1 aliphatic heterocycles. The number of anilines is 1. The van der Waals surface area contributed by atoms with Crippen LogP contribution in [0.5, 0.6) is 0 Å². The number of nitrogens with zero attached hydrogens (tertiary/aromatic N) is 2. The second kappa shape index (κ2) is 9.01. The molecule has 28 heavy (non-hydrogen) atoms. The second-order valence-corrected chi connectivity index (χ2v) is 8.80. The van der Waals surface area contributed by atoms with Crippen LogP contribution in [0.25, 0.3) is 16.3 Å². The number of halogens is 1. The highest BCUT2D eigenvalue weighted by atomic mass is 127. The van der Waals surface area contributed by atoms with E-state index in [1.807, 2.05) is 23.1 Å². The van der Waals surface area contributed by atoms with Crippen molar-refractivity contribution in [2.24, 2.45) is 0 Å². The Morgan fingerprint density at radius 2 is 1.79 bits per heavy atom. The first-order valence-electron chi connectivity index (χ1n) is 9.49. The molecule has 0 bridgehead atoms. The summed E-state index contributed by atoms with van der Waals surface area (Å²) in [4.78, 5) is 3.79. The highest BCUT2D eigenvalue weighted by Gasteiger charge is 2.24. The van der Waals surface area contributed by atoms with Gasteiger partial charge in [0.1, 0.15) is 11.2 Å². The Kier molecular flexibility index (Phi) is 6.89. The Labute approximate surface area is 193 Å². The lowest BCUT2D eigenvalue weighted by molar-refractivity contribution is -0.665. The highest BCUT2D eigenvalue weighted by Crippen LogP contribution is 2.47. The van der Waals surface area contributed by atoms with E-state index in [4.69, 9.17) is 0 Å². The first kappa shape index (κ1) is 21.4. The van der Waals surface area contributed by atoms with Crippen LogP contribution in [0.4, 0.5) is 5.69 Å². The molecule has 0 fully saturated rings. The number of hydrogen-bond acceptors (Lipinski definition) is 3. The van der Waals surface area contributed by atoms with Crippen molar-refractivity contribution < 1.29 is 28.5 Å². The molecular weight excluding hydrogens is 495 g/mol. The van der Waals surface area contributed by atoms with Gasteiger partial charge in [0, 0.05) is 23.6 Å². The molecule has 0 N–H and O–H groups in total. The van der Waals surface area contributed by atoms with E-state index >= 15 is 0 Å². The molecular formula is C23H25IN2S2. The van der Waals surface area contributed by atoms with Gasteiger partial charge in [-0.1, -0.05) is 53.4 Å².